The van der Waals surface area contributed by atoms with Crippen LogP contribution in [0.15, 0.2) is 39.4 Å². The van der Waals surface area contributed by atoms with Crippen LogP contribution in [0, 0.1) is 0 Å². The van der Waals surface area contributed by atoms with Gasteiger partial charge in [-0.2, -0.15) is 0 Å². The Morgan fingerprint density at radius 2 is 2.05 bits per heavy atom. The molecule has 0 saturated heterocycles. The summed E-state index contributed by atoms with van der Waals surface area (Å²) in [6.45, 7) is 2.30. The van der Waals surface area contributed by atoms with Gasteiger partial charge in [0.15, 0.2) is 16.2 Å². The van der Waals surface area contributed by atoms with Crippen LogP contribution < -0.4 is 9.64 Å². The predicted octanol–water partition coefficient (Wildman–Crippen LogP) is 3.28. The van der Waals surface area contributed by atoms with E-state index in [2.05, 4.69) is 15.9 Å². The molecule has 0 bridgehead atoms. The van der Waals surface area contributed by atoms with Gasteiger partial charge in [0.25, 0.3) is 5.91 Å². The van der Waals surface area contributed by atoms with E-state index < -0.39 is 0 Å². The number of nitrogens with zero attached hydrogens (tertiary/aromatic N) is 1. The minimum atomic E-state index is -0.258. The van der Waals surface area contributed by atoms with E-state index in [4.69, 9.17) is 9.15 Å². The third-order valence-corrected chi connectivity index (χ3v) is 3.68. The van der Waals surface area contributed by atoms with Crippen molar-refractivity contribution < 1.29 is 18.7 Å². The van der Waals surface area contributed by atoms with Crippen LogP contribution in [0.1, 0.15) is 27.8 Å². The fraction of sp³-hybridized carbons (Fsp3) is 0.200. The first-order valence-electron chi connectivity index (χ1n) is 6.41. The van der Waals surface area contributed by atoms with Gasteiger partial charge in [0.1, 0.15) is 12.4 Å². The lowest BCUT2D eigenvalue weighted by molar-refractivity contribution is 0.0946. The maximum Gasteiger partial charge on any atom is 0.294 e. The number of halogens is 1. The molecule has 0 spiro atoms. The predicted molar refractivity (Wildman–Crippen MR) is 80.0 cm³/mol. The van der Waals surface area contributed by atoms with Crippen molar-refractivity contribution in [3.8, 4) is 5.75 Å². The second-order valence-electron chi connectivity index (χ2n) is 4.65. The summed E-state index contributed by atoms with van der Waals surface area (Å²) >= 11 is 3.18. The van der Waals surface area contributed by atoms with Gasteiger partial charge in [-0.05, 0) is 53.2 Å². The van der Waals surface area contributed by atoms with Crippen LogP contribution in [0.25, 0.3) is 0 Å². The van der Waals surface area contributed by atoms with E-state index in [1.807, 2.05) is 0 Å². The smallest absolute Gasteiger partial charge is 0.294 e. The summed E-state index contributed by atoms with van der Waals surface area (Å²) in [5.41, 5.74) is 1.13. The first-order chi connectivity index (χ1) is 10.1. The van der Waals surface area contributed by atoms with Crippen molar-refractivity contribution in [2.75, 3.05) is 18.1 Å². The van der Waals surface area contributed by atoms with Gasteiger partial charge in [0.05, 0.1) is 12.2 Å². The number of hydrogen-bond acceptors (Lipinski definition) is 4. The first kappa shape index (κ1) is 13.9. The maximum atomic E-state index is 12.5. The third kappa shape index (κ3) is 2.58. The molecule has 6 heteroatoms. The molecule has 21 heavy (non-hydrogen) atoms. The van der Waals surface area contributed by atoms with Gasteiger partial charge in [-0.3, -0.25) is 14.5 Å². The Hall–Kier alpha value is -2.08. The molecule has 2 heterocycles. The van der Waals surface area contributed by atoms with Crippen molar-refractivity contribution in [1.29, 1.82) is 0 Å². The number of benzene rings is 1. The van der Waals surface area contributed by atoms with Gasteiger partial charge in [-0.15, -0.1) is 0 Å². The number of carbonyl (C=O) groups excluding carboxylic acids is 2. The molecular formula is C15H12BrNO4. The first-order valence-corrected chi connectivity index (χ1v) is 7.20. The number of anilines is 1. The molecule has 2 aromatic rings. The number of furan rings is 1. The number of ether oxygens (including phenoxy) is 1. The molecular weight excluding hydrogens is 338 g/mol. The lowest BCUT2D eigenvalue weighted by atomic mass is 10.1. The van der Waals surface area contributed by atoms with Gasteiger partial charge >= 0.3 is 0 Å². The van der Waals surface area contributed by atoms with Crippen LogP contribution in [-0.4, -0.2) is 24.8 Å². The molecule has 0 fully saturated rings. The number of fused-ring (bicyclic) bond motifs is 1. The van der Waals surface area contributed by atoms with Crippen LogP contribution in [0.3, 0.4) is 0 Å². The van der Waals surface area contributed by atoms with E-state index in [-0.39, 0.29) is 17.5 Å². The Morgan fingerprint density at radius 3 is 2.71 bits per heavy atom. The molecule has 0 aliphatic carbocycles. The van der Waals surface area contributed by atoms with Crippen molar-refractivity contribution in [2.24, 2.45) is 0 Å². The number of ketones is 1. The van der Waals surface area contributed by atoms with Crippen LogP contribution in [-0.2, 0) is 0 Å². The van der Waals surface area contributed by atoms with Gasteiger partial charge in [-0.25, -0.2) is 0 Å². The summed E-state index contributed by atoms with van der Waals surface area (Å²) in [7, 11) is 0. The molecule has 0 radical (unpaired) electrons. The highest BCUT2D eigenvalue weighted by Gasteiger charge is 2.27. The largest absolute Gasteiger partial charge is 0.490 e. The van der Waals surface area contributed by atoms with E-state index in [0.29, 0.717) is 34.8 Å². The van der Waals surface area contributed by atoms with Crippen molar-refractivity contribution in [3.05, 3.63) is 46.3 Å². The van der Waals surface area contributed by atoms with E-state index in [1.165, 1.54) is 6.92 Å². The van der Waals surface area contributed by atoms with Crippen molar-refractivity contribution >= 4 is 33.3 Å². The summed E-state index contributed by atoms with van der Waals surface area (Å²) in [4.78, 5) is 25.6. The fourth-order valence-corrected chi connectivity index (χ4v) is 2.52. The summed E-state index contributed by atoms with van der Waals surface area (Å²) in [6.07, 6.45) is 0. The van der Waals surface area contributed by atoms with Gasteiger partial charge < -0.3 is 9.15 Å². The second-order valence-corrected chi connectivity index (χ2v) is 5.43. The van der Waals surface area contributed by atoms with E-state index >= 15 is 0 Å². The Bertz CT molecular complexity index is 722. The minimum absolute atomic E-state index is 0.0588. The Balaban J connectivity index is 2.01. The highest BCUT2D eigenvalue weighted by molar-refractivity contribution is 9.10. The molecule has 3 rings (SSSR count). The lowest BCUT2D eigenvalue weighted by Gasteiger charge is -2.29. The number of carbonyl (C=O) groups is 2. The van der Waals surface area contributed by atoms with E-state index in [0.717, 1.165) is 0 Å². The maximum absolute atomic E-state index is 12.5. The van der Waals surface area contributed by atoms with E-state index in [1.54, 1.807) is 35.2 Å². The number of hydrogen-bond donors (Lipinski definition) is 0. The summed E-state index contributed by atoms with van der Waals surface area (Å²) in [5.74, 6) is 0.510. The Kier molecular flexibility index (Phi) is 3.55. The molecule has 0 saturated carbocycles. The third-order valence-electron chi connectivity index (χ3n) is 3.26. The molecule has 108 valence electrons. The topological polar surface area (TPSA) is 59.8 Å². The van der Waals surface area contributed by atoms with Crippen molar-refractivity contribution in [1.82, 2.24) is 0 Å². The van der Waals surface area contributed by atoms with Crippen molar-refractivity contribution in [3.63, 3.8) is 0 Å². The van der Waals surface area contributed by atoms with Crippen LogP contribution in [0.2, 0.25) is 0 Å². The number of amides is 1. The molecule has 1 aliphatic rings. The Labute approximate surface area is 129 Å². The normalized spacial score (nSPS) is 13.5. The van der Waals surface area contributed by atoms with Gasteiger partial charge in [0.2, 0.25) is 0 Å². The molecule has 0 N–H and O–H groups in total. The highest BCUT2D eigenvalue weighted by Crippen LogP contribution is 2.34. The molecule has 0 unspecified atom stereocenters. The summed E-state index contributed by atoms with van der Waals surface area (Å²) < 4.78 is 11.3. The average molecular weight is 350 g/mol. The molecule has 1 aliphatic heterocycles. The monoisotopic (exact) mass is 349 g/mol. The average Bonchev–Trinajstić information content (AvgIpc) is 2.92. The minimum Gasteiger partial charge on any atom is -0.490 e. The number of Topliss-reactive ketones (excluding diaryl/α,β-unsaturated/α-hetero) is 1. The highest BCUT2D eigenvalue weighted by atomic mass is 79.9. The molecule has 1 amide bonds. The summed E-state index contributed by atoms with van der Waals surface area (Å²) in [5, 5.41) is 0. The Morgan fingerprint density at radius 1 is 1.24 bits per heavy atom. The zero-order chi connectivity index (χ0) is 15.0. The zero-order valence-electron chi connectivity index (χ0n) is 11.3. The quantitative estimate of drug-likeness (QED) is 0.780. The standard InChI is InChI=1S/C15H12BrNO4/c1-9(18)10-2-3-12-11(8-10)17(6-7-20-12)15(19)13-4-5-14(16)21-13/h2-5,8H,6-7H2,1H3. The van der Waals surface area contributed by atoms with Crippen LogP contribution in [0.5, 0.6) is 5.75 Å². The molecule has 0 atom stereocenters. The van der Waals surface area contributed by atoms with E-state index in [9.17, 15) is 9.59 Å². The fourth-order valence-electron chi connectivity index (χ4n) is 2.21. The zero-order valence-corrected chi connectivity index (χ0v) is 12.8. The lowest BCUT2D eigenvalue weighted by Crippen LogP contribution is -2.37. The SMILES string of the molecule is CC(=O)c1ccc2c(c1)N(C(=O)c1ccc(Br)o1)CCO2. The van der Waals surface area contributed by atoms with Gasteiger partial charge in [0, 0.05) is 5.56 Å². The summed E-state index contributed by atoms with van der Waals surface area (Å²) in [6, 6.07) is 8.35. The van der Waals surface area contributed by atoms with Crippen LogP contribution in [0.4, 0.5) is 5.69 Å². The number of rotatable bonds is 2. The molecule has 1 aromatic heterocycles. The van der Waals surface area contributed by atoms with Crippen molar-refractivity contribution in [2.45, 2.75) is 6.92 Å². The molecule has 1 aromatic carbocycles. The second kappa shape index (κ2) is 5.37. The van der Waals surface area contributed by atoms with Gasteiger partial charge in [-0.1, -0.05) is 0 Å². The molecule has 5 nitrogen and oxygen atoms in total. The van der Waals surface area contributed by atoms with Crippen LogP contribution >= 0.6 is 15.9 Å².